The normalized spacial score (nSPS) is 13.3. The van der Waals surface area contributed by atoms with Crippen LogP contribution in [0.15, 0.2) is 58.6 Å². The Hall–Kier alpha value is -2.38. The number of hydrogen-bond donors (Lipinski definition) is 1. The van der Waals surface area contributed by atoms with Crippen LogP contribution in [0.2, 0.25) is 0 Å². The van der Waals surface area contributed by atoms with Crippen molar-refractivity contribution in [2.24, 2.45) is 0 Å². The number of likely N-dealkylation sites (N-methyl/N-ethyl adjacent to an activating group) is 1. The summed E-state index contributed by atoms with van der Waals surface area (Å²) in [6.45, 7) is 1.49. The van der Waals surface area contributed by atoms with Gasteiger partial charge in [-0.05, 0) is 30.7 Å². The monoisotopic (exact) mass is 348 g/mol. The van der Waals surface area contributed by atoms with E-state index in [4.69, 9.17) is 4.42 Å². The van der Waals surface area contributed by atoms with Crippen molar-refractivity contribution in [1.82, 2.24) is 9.62 Å². The standard InChI is InChI=1S/C17H20N2O4S/c1-14(16-9-6-11-23-16)18-17(20)13-19(2)24(21,22)12-10-15-7-4-3-5-8-15/h3-12,14H,13H2,1-2H3,(H,18,20)/b12-10+/t14-/m1/s1. The van der Waals surface area contributed by atoms with Crippen molar-refractivity contribution >= 4 is 22.0 Å². The predicted octanol–water partition coefficient (Wildman–Crippen LogP) is 2.39. The van der Waals surface area contributed by atoms with Gasteiger partial charge < -0.3 is 9.73 Å². The summed E-state index contributed by atoms with van der Waals surface area (Å²) in [7, 11) is -2.31. The summed E-state index contributed by atoms with van der Waals surface area (Å²) < 4.78 is 30.6. The highest BCUT2D eigenvalue weighted by Gasteiger charge is 2.19. The third kappa shape index (κ3) is 5.07. The maximum absolute atomic E-state index is 12.2. The Kier molecular flexibility index (Phi) is 5.94. The molecule has 1 amide bonds. The van der Waals surface area contributed by atoms with E-state index < -0.39 is 15.9 Å². The van der Waals surface area contributed by atoms with Crippen molar-refractivity contribution in [3.63, 3.8) is 0 Å². The molecule has 1 N–H and O–H groups in total. The Morgan fingerprint density at radius 3 is 2.58 bits per heavy atom. The molecule has 24 heavy (non-hydrogen) atoms. The molecule has 0 unspecified atom stereocenters. The summed E-state index contributed by atoms with van der Waals surface area (Å²) >= 11 is 0. The first-order chi connectivity index (χ1) is 11.4. The van der Waals surface area contributed by atoms with E-state index in [9.17, 15) is 13.2 Å². The minimum atomic E-state index is -3.67. The maximum Gasteiger partial charge on any atom is 0.236 e. The lowest BCUT2D eigenvalue weighted by Crippen LogP contribution is -2.38. The van der Waals surface area contributed by atoms with E-state index in [1.807, 2.05) is 18.2 Å². The fraction of sp³-hybridized carbons (Fsp3) is 0.235. The first-order valence-electron chi connectivity index (χ1n) is 7.41. The van der Waals surface area contributed by atoms with E-state index >= 15 is 0 Å². The second-order valence-corrected chi connectivity index (χ2v) is 7.24. The molecule has 0 aliphatic rings. The Bertz CT molecular complexity index is 783. The average Bonchev–Trinajstić information content (AvgIpc) is 3.08. The van der Waals surface area contributed by atoms with Crippen LogP contribution < -0.4 is 5.32 Å². The van der Waals surface area contributed by atoms with Gasteiger partial charge in [-0.3, -0.25) is 4.79 Å². The number of nitrogens with zero attached hydrogens (tertiary/aromatic N) is 1. The average molecular weight is 348 g/mol. The number of furan rings is 1. The molecule has 0 saturated carbocycles. The van der Waals surface area contributed by atoms with Gasteiger partial charge in [0.25, 0.3) is 0 Å². The number of carbonyl (C=O) groups is 1. The summed E-state index contributed by atoms with van der Waals surface area (Å²) in [5.41, 5.74) is 0.769. The summed E-state index contributed by atoms with van der Waals surface area (Å²) in [6.07, 6.45) is 3.01. The minimum absolute atomic E-state index is 0.271. The van der Waals surface area contributed by atoms with Crippen molar-refractivity contribution in [3.8, 4) is 0 Å². The number of nitrogens with one attached hydrogen (secondary N) is 1. The number of rotatable bonds is 7. The van der Waals surface area contributed by atoms with Gasteiger partial charge in [0.15, 0.2) is 0 Å². The van der Waals surface area contributed by atoms with E-state index in [1.165, 1.54) is 19.4 Å². The Morgan fingerprint density at radius 1 is 1.25 bits per heavy atom. The van der Waals surface area contributed by atoms with Gasteiger partial charge in [-0.1, -0.05) is 30.3 Å². The highest BCUT2D eigenvalue weighted by molar-refractivity contribution is 7.92. The molecular weight excluding hydrogens is 328 g/mol. The molecule has 0 radical (unpaired) electrons. The van der Waals surface area contributed by atoms with E-state index in [0.717, 1.165) is 15.3 Å². The van der Waals surface area contributed by atoms with Crippen molar-refractivity contribution in [2.45, 2.75) is 13.0 Å². The zero-order valence-corrected chi connectivity index (χ0v) is 14.4. The lowest BCUT2D eigenvalue weighted by Gasteiger charge is -2.16. The lowest BCUT2D eigenvalue weighted by molar-refractivity contribution is -0.121. The van der Waals surface area contributed by atoms with Gasteiger partial charge >= 0.3 is 0 Å². The lowest BCUT2D eigenvalue weighted by atomic mass is 10.2. The van der Waals surface area contributed by atoms with Crippen molar-refractivity contribution in [1.29, 1.82) is 0 Å². The van der Waals surface area contributed by atoms with E-state index in [-0.39, 0.29) is 12.6 Å². The third-order valence-electron chi connectivity index (χ3n) is 3.38. The number of sulfonamides is 1. The van der Waals surface area contributed by atoms with Gasteiger partial charge in [0, 0.05) is 12.5 Å². The number of hydrogen-bond acceptors (Lipinski definition) is 4. The van der Waals surface area contributed by atoms with Crippen LogP contribution in [0, 0.1) is 0 Å². The highest BCUT2D eigenvalue weighted by atomic mass is 32.2. The van der Waals surface area contributed by atoms with Crippen molar-refractivity contribution < 1.29 is 17.6 Å². The van der Waals surface area contributed by atoms with Crippen LogP contribution in [0.25, 0.3) is 6.08 Å². The molecule has 0 spiro atoms. The molecule has 0 aliphatic heterocycles. The quantitative estimate of drug-likeness (QED) is 0.833. The van der Waals surface area contributed by atoms with Gasteiger partial charge in [-0.15, -0.1) is 0 Å². The largest absolute Gasteiger partial charge is 0.467 e. The zero-order chi connectivity index (χ0) is 17.6. The van der Waals surface area contributed by atoms with Gasteiger partial charge in [0.05, 0.1) is 18.8 Å². The van der Waals surface area contributed by atoms with Crippen LogP contribution in [-0.4, -0.2) is 32.2 Å². The predicted molar refractivity (Wildman–Crippen MR) is 92.3 cm³/mol. The van der Waals surface area contributed by atoms with Crippen LogP contribution in [0.4, 0.5) is 0 Å². The number of benzene rings is 1. The van der Waals surface area contributed by atoms with E-state index in [0.29, 0.717) is 5.76 Å². The zero-order valence-electron chi connectivity index (χ0n) is 13.5. The van der Waals surface area contributed by atoms with Crippen LogP contribution >= 0.6 is 0 Å². The number of amides is 1. The molecule has 7 heteroatoms. The fourth-order valence-corrected chi connectivity index (χ4v) is 2.85. The molecule has 1 heterocycles. The van der Waals surface area contributed by atoms with E-state index in [1.54, 1.807) is 31.2 Å². The van der Waals surface area contributed by atoms with Gasteiger partial charge in [0.1, 0.15) is 5.76 Å². The first kappa shape index (κ1) is 18.0. The molecule has 6 nitrogen and oxygen atoms in total. The van der Waals surface area contributed by atoms with Crippen molar-refractivity contribution in [3.05, 3.63) is 65.5 Å². The molecular formula is C17H20N2O4S. The molecule has 0 saturated heterocycles. The molecule has 0 aliphatic carbocycles. The highest BCUT2D eigenvalue weighted by Crippen LogP contribution is 2.12. The molecule has 2 rings (SSSR count). The topological polar surface area (TPSA) is 79.6 Å². The van der Waals surface area contributed by atoms with E-state index in [2.05, 4.69) is 5.32 Å². The minimum Gasteiger partial charge on any atom is -0.467 e. The smallest absolute Gasteiger partial charge is 0.236 e. The van der Waals surface area contributed by atoms with Crippen LogP contribution in [0.3, 0.4) is 0 Å². The Balaban J connectivity index is 1.93. The first-order valence-corrected chi connectivity index (χ1v) is 8.91. The maximum atomic E-state index is 12.2. The molecule has 1 aromatic heterocycles. The molecule has 128 valence electrons. The second-order valence-electron chi connectivity index (χ2n) is 5.32. The van der Waals surface area contributed by atoms with Crippen LogP contribution in [0.1, 0.15) is 24.3 Å². The van der Waals surface area contributed by atoms with Gasteiger partial charge in [-0.2, -0.15) is 4.31 Å². The Labute approximate surface area is 141 Å². The second kappa shape index (κ2) is 7.94. The molecule has 1 aromatic carbocycles. The van der Waals surface area contributed by atoms with Gasteiger partial charge in [-0.25, -0.2) is 8.42 Å². The summed E-state index contributed by atoms with van der Waals surface area (Å²) in [5.74, 6) is 0.205. The molecule has 1 atom stereocenters. The summed E-state index contributed by atoms with van der Waals surface area (Å²) in [5, 5.41) is 3.79. The van der Waals surface area contributed by atoms with Crippen LogP contribution in [0.5, 0.6) is 0 Å². The van der Waals surface area contributed by atoms with Gasteiger partial charge in [0.2, 0.25) is 15.9 Å². The third-order valence-corrected chi connectivity index (χ3v) is 4.86. The number of carbonyl (C=O) groups excluding carboxylic acids is 1. The SMILES string of the molecule is C[C@@H](NC(=O)CN(C)S(=O)(=O)/C=C/c1ccccc1)c1ccco1. The Morgan fingerprint density at radius 2 is 1.96 bits per heavy atom. The molecule has 2 aromatic rings. The summed E-state index contributed by atoms with van der Waals surface area (Å²) in [6, 6.07) is 12.2. The fourth-order valence-electron chi connectivity index (χ4n) is 2.02. The molecule has 0 bridgehead atoms. The van der Waals surface area contributed by atoms with Crippen molar-refractivity contribution in [2.75, 3.05) is 13.6 Å². The molecule has 0 fully saturated rings. The van der Waals surface area contributed by atoms with Crippen LogP contribution in [-0.2, 0) is 14.8 Å². The summed E-state index contributed by atoms with van der Waals surface area (Å²) in [4.78, 5) is 12.0.